The number of benzene rings is 3. The van der Waals surface area contributed by atoms with E-state index >= 15 is 0 Å². The third-order valence-electron chi connectivity index (χ3n) is 8.24. The lowest BCUT2D eigenvalue weighted by atomic mass is 9.95. The van der Waals surface area contributed by atoms with Gasteiger partial charge in [-0.3, -0.25) is 14.5 Å². The van der Waals surface area contributed by atoms with E-state index in [1.165, 1.54) is 6.42 Å². The van der Waals surface area contributed by atoms with Crippen LogP contribution in [0.2, 0.25) is 0 Å². The molecule has 3 aromatic carbocycles. The Bertz CT molecular complexity index is 1390. The van der Waals surface area contributed by atoms with Crippen molar-refractivity contribution in [3.63, 3.8) is 0 Å². The minimum absolute atomic E-state index is 0.0209. The first-order valence-corrected chi connectivity index (χ1v) is 18.9. The van der Waals surface area contributed by atoms with Crippen molar-refractivity contribution >= 4 is 34.3 Å². The van der Waals surface area contributed by atoms with E-state index < -0.39 is 6.10 Å². The van der Waals surface area contributed by atoms with Crippen LogP contribution in [-0.4, -0.2) is 82.4 Å². The molecule has 276 valence electrons. The lowest BCUT2D eigenvalue weighted by Crippen LogP contribution is -2.46. The van der Waals surface area contributed by atoms with Crippen molar-refractivity contribution in [1.82, 2.24) is 15.5 Å². The molecule has 0 bridgehead atoms. The molecule has 2 amide bonds. The van der Waals surface area contributed by atoms with Crippen LogP contribution in [0, 0.1) is 18.8 Å². The van der Waals surface area contributed by atoms with Gasteiger partial charge in [-0.2, -0.15) is 11.8 Å². The van der Waals surface area contributed by atoms with Gasteiger partial charge in [-0.25, -0.2) is 0 Å². The number of carbonyl (C=O) groups excluding carboxylic acids is 2. The average Bonchev–Trinajstić information content (AvgIpc) is 3.51. The van der Waals surface area contributed by atoms with Gasteiger partial charge in [-0.05, 0) is 67.5 Å². The SMILES string of the molecule is C#C.CC1CCCN1CC(O)CC(Cc1ccccc1)NC(=O)CNC(=O)[C@@H](CSC(C)(C)C)Cc1cccc2ccccc12.CCC.CO. The Morgan fingerprint density at radius 2 is 1.58 bits per heavy atom. The van der Waals surface area contributed by atoms with Crippen LogP contribution in [0.3, 0.4) is 0 Å². The summed E-state index contributed by atoms with van der Waals surface area (Å²) in [7, 11) is 1.00. The second-order valence-electron chi connectivity index (χ2n) is 13.7. The summed E-state index contributed by atoms with van der Waals surface area (Å²) in [6, 6.07) is 24.8. The normalized spacial score (nSPS) is 15.9. The molecule has 7 nitrogen and oxygen atoms in total. The molecule has 0 spiro atoms. The molecule has 8 heteroatoms. The van der Waals surface area contributed by atoms with Crippen LogP contribution in [0.25, 0.3) is 10.8 Å². The van der Waals surface area contributed by atoms with Crippen molar-refractivity contribution < 1.29 is 19.8 Å². The number of fused-ring (bicyclic) bond motifs is 1. The van der Waals surface area contributed by atoms with Crippen LogP contribution in [0.1, 0.15) is 78.4 Å². The van der Waals surface area contributed by atoms with Crippen molar-refractivity contribution in [3.05, 3.63) is 83.9 Å². The van der Waals surface area contributed by atoms with Gasteiger partial charge < -0.3 is 20.8 Å². The van der Waals surface area contributed by atoms with Gasteiger partial charge >= 0.3 is 0 Å². The van der Waals surface area contributed by atoms with Crippen molar-refractivity contribution in [1.29, 1.82) is 0 Å². The second kappa shape index (κ2) is 24.7. The van der Waals surface area contributed by atoms with Gasteiger partial charge in [-0.15, -0.1) is 12.8 Å². The number of terminal acetylenes is 1. The first kappa shape index (κ1) is 44.7. The Morgan fingerprint density at radius 1 is 0.960 bits per heavy atom. The Labute approximate surface area is 307 Å². The summed E-state index contributed by atoms with van der Waals surface area (Å²) >= 11 is 1.77. The van der Waals surface area contributed by atoms with E-state index in [1.54, 1.807) is 11.8 Å². The molecule has 0 aliphatic carbocycles. The van der Waals surface area contributed by atoms with Gasteiger partial charge in [0.2, 0.25) is 11.8 Å². The molecule has 1 saturated heterocycles. The van der Waals surface area contributed by atoms with E-state index in [2.05, 4.69) is 94.2 Å². The van der Waals surface area contributed by atoms with E-state index in [4.69, 9.17) is 5.11 Å². The predicted molar refractivity (Wildman–Crippen MR) is 213 cm³/mol. The molecular weight excluding hydrogens is 643 g/mol. The van der Waals surface area contributed by atoms with Crippen molar-refractivity contribution in [2.24, 2.45) is 5.92 Å². The minimum Gasteiger partial charge on any atom is -0.400 e. The molecule has 1 heterocycles. The molecule has 0 aromatic heterocycles. The summed E-state index contributed by atoms with van der Waals surface area (Å²) in [5, 5.41) is 26.3. The topological polar surface area (TPSA) is 102 Å². The van der Waals surface area contributed by atoms with Gasteiger partial charge in [0, 0.05) is 36.2 Å². The summed E-state index contributed by atoms with van der Waals surface area (Å²) in [6.07, 6.45) is 12.7. The molecule has 50 heavy (non-hydrogen) atoms. The molecule has 3 aromatic rings. The number of likely N-dealkylation sites (tertiary alicyclic amines) is 1. The van der Waals surface area contributed by atoms with E-state index in [1.807, 2.05) is 48.5 Å². The molecule has 3 unspecified atom stereocenters. The monoisotopic (exact) mass is 705 g/mol. The predicted octanol–water partition coefficient (Wildman–Crippen LogP) is 6.88. The van der Waals surface area contributed by atoms with E-state index in [9.17, 15) is 14.7 Å². The molecular formula is C42H63N3O4S. The molecule has 1 aliphatic heterocycles. The summed E-state index contributed by atoms with van der Waals surface area (Å²) in [5.74, 6) is 0.0518. The Balaban J connectivity index is 0.00000166. The van der Waals surface area contributed by atoms with Crippen molar-refractivity contribution in [2.45, 2.75) is 103 Å². The van der Waals surface area contributed by atoms with Gasteiger partial charge in [0.1, 0.15) is 0 Å². The average molecular weight is 706 g/mol. The minimum atomic E-state index is -0.538. The third-order valence-corrected chi connectivity index (χ3v) is 9.68. The summed E-state index contributed by atoms with van der Waals surface area (Å²) in [4.78, 5) is 29.0. The lowest BCUT2D eigenvalue weighted by Gasteiger charge is -2.27. The highest BCUT2D eigenvalue weighted by Gasteiger charge is 2.26. The molecule has 4 N–H and O–H groups in total. The highest BCUT2D eigenvalue weighted by molar-refractivity contribution is 8.00. The van der Waals surface area contributed by atoms with Crippen LogP contribution in [-0.2, 0) is 22.4 Å². The fourth-order valence-corrected chi connectivity index (χ4v) is 6.90. The number of rotatable bonds is 14. The first-order chi connectivity index (χ1) is 24.0. The maximum atomic E-state index is 13.5. The zero-order chi connectivity index (χ0) is 37.5. The Morgan fingerprint density at radius 3 is 2.20 bits per heavy atom. The second-order valence-corrected chi connectivity index (χ2v) is 15.6. The number of β-amino-alcohol motifs (C(OH)–C–C–N with tert-alkyl or cyclic N) is 1. The standard InChI is InChI=1S/C36H49N3O3S.C3H8.C2H2.CH4O/c1-26-12-11-19-39(26)24-32(40)22-31(20-27-13-6-5-7-14-27)38-34(41)23-37-35(42)30(25-43-36(2,3)4)21-29-17-10-16-28-15-8-9-18-33(28)29;1-3-2;2*1-2/h5-10,13-18,26,30-32,40H,11-12,19-25H2,1-4H3,(H,37,42)(H,38,41);3H2,1-2H3;1-2H;2H,1H3/t26?,30-,31?,32?;;;/m1.../s1. The summed E-state index contributed by atoms with van der Waals surface area (Å²) < 4.78 is 0.0209. The molecule has 0 saturated carbocycles. The molecule has 1 fully saturated rings. The fraction of sp³-hybridized carbons (Fsp3) is 0.524. The van der Waals surface area contributed by atoms with Crippen LogP contribution in [0.5, 0.6) is 0 Å². The van der Waals surface area contributed by atoms with Crippen LogP contribution < -0.4 is 10.6 Å². The molecule has 0 radical (unpaired) electrons. The number of hydrogen-bond donors (Lipinski definition) is 4. The smallest absolute Gasteiger partial charge is 0.239 e. The van der Waals surface area contributed by atoms with E-state index in [-0.39, 0.29) is 35.1 Å². The lowest BCUT2D eigenvalue weighted by molar-refractivity contribution is -0.128. The van der Waals surface area contributed by atoms with Gasteiger partial charge in [-0.1, -0.05) is 114 Å². The molecule has 1 aliphatic rings. The van der Waals surface area contributed by atoms with Crippen molar-refractivity contribution in [2.75, 3.05) is 32.5 Å². The van der Waals surface area contributed by atoms with Gasteiger partial charge in [0.05, 0.1) is 18.6 Å². The van der Waals surface area contributed by atoms with E-state index in [0.29, 0.717) is 37.6 Å². The maximum Gasteiger partial charge on any atom is 0.239 e. The number of aliphatic hydroxyl groups is 2. The third kappa shape index (κ3) is 17.0. The van der Waals surface area contributed by atoms with Crippen LogP contribution >= 0.6 is 11.8 Å². The number of carbonyl (C=O) groups is 2. The number of amides is 2. The highest BCUT2D eigenvalue weighted by atomic mass is 32.2. The number of thioether (sulfide) groups is 1. The van der Waals surface area contributed by atoms with Crippen LogP contribution in [0.4, 0.5) is 0 Å². The van der Waals surface area contributed by atoms with Crippen molar-refractivity contribution in [3.8, 4) is 12.8 Å². The zero-order valence-corrected chi connectivity index (χ0v) is 32.3. The summed E-state index contributed by atoms with van der Waals surface area (Å²) in [6.45, 7) is 14.5. The fourth-order valence-electron chi connectivity index (χ4n) is 5.93. The Kier molecular flexibility index (Phi) is 22.1. The molecule has 4 rings (SSSR count). The first-order valence-electron chi connectivity index (χ1n) is 17.9. The quantitative estimate of drug-likeness (QED) is 0.137. The van der Waals surface area contributed by atoms with Gasteiger partial charge in [0.25, 0.3) is 0 Å². The number of hydrogen-bond acceptors (Lipinski definition) is 6. The van der Waals surface area contributed by atoms with Crippen LogP contribution in [0.15, 0.2) is 72.8 Å². The number of nitrogens with one attached hydrogen (secondary N) is 2. The highest BCUT2D eigenvalue weighted by Crippen LogP contribution is 2.29. The van der Waals surface area contributed by atoms with E-state index in [0.717, 1.165) is 48.4 Å². The zero-order valence-electron chi connectivity index (χ0n) is 31.5. The van der Waals surface area contributed by atoms with Gasteiger partial charge in [0.15, 0.2) is 0 Å². The summed E-state index contributed by atoms with van der Waals surface area (Å²) in [5.41, 5.74) is 2.24. The number of nitrogens with zero attached hydrogens (tertiary/aromatic N) is 1. The Hall–Kier alpha value is -3.35. The maximum absolute atomic E-state index is 13.5. The number of aliphatic hydroxyl groups excluding tert-OH is 2. The largest absolute Gasteiger partial charge is 0.400 e. The molecule has 4 atom stereocenters.